The van der Waals surface area contributed by atoms with Gasteiger partial charge in [0.25, 0.3) is 0 Å². The van der Waals surface area contributed by atoms with Gasteiger partial charge in [0.2, 0.25) is 0 Å². The molecular weight excluding hydrogens is 222 g/mol. The molecule has 0 aliphatic carbocycles. The van der Waals surface area contributed by atoms with Crippen LogP contribution in [0, 0.1) is 0 Å². The van der Waals surface area contributed by atoms with E-state index in [1.807, 2.05) is 61.5 Å². The van der Waals surface area contributed by atoms with Crippen molar-refractivity contribution >= 4 is 5.69 Å². The highest BCUT2D eigenvalue weighted by Crippen LogP contribution is 2.28. The molecule has 0 radical (unpaired) electrons. The lowest BCUT2D eigenvalue weighted by atomic mass is 10.2. The maximum Gasteiger partial charge on any atom is 0.150 e. The number of hydrogen-bond donors (Lipinski definition) is 1. The Morgan fingerprint density at radius 2 is 1.72 bits per heavy atom. The van der Waals surface area contributed by atoms with Crippen LogP contribution in [0.3, 0.4) is 0 Å². The molecule has 0 atom stereocenters. The van der Waals surface area contributed by atoms with E-state index in [4.69, 9.17) is 4.74 Å². The minimum absolute atomic E-state index is 0.745. The second kappa shape index (κ2) is 5.92. The van der Waals surface area contributed by atoms with E-state index in [1.54, 1.807) is 0 Å². The Bertz CT molecular complexity index is 520. The maximum absolute atomic E-state index is 5.85. The Labute approximate surface area is 108 Å². The molecule has 0 saturated carbocycles. The van der Waals surface area contributed by atoms with Crippen LogP contribution >= 0.6 is 0 Å². The van der Waals surface area contributed by atoms with Crippen molar-refractivity contribution in [3.8, 4) is 11.5 Å². The Morgan fingerprint density at radius 3 is 2.44 bits per heavy atom. The number of benzene rings is 2. The van der Waals surface area contributed by atoms with Crippen molar-refractivity contribution in [1.29, 1.82) is 0 Å². The van der Waals surface area contributed by atoms with Crippen molar-refractivity contribution < 1.29 is 4.74 Å². The van der Waals surface area contributed by atoms with Gasteiger partial charge in [-0.3, -0.25) is 0 Å². The minimum Gasteiger partial charge on any atom is -0.455 e. The summed E-state index contributed by atoms with van der Waals surface area (Å²) in [5.74, 6) is 1.66. The van der Waals surface area contributed by atoms with E-state index in [9.17, 15) is 0 Å². The lowest BCUT2D eigenvalue weighted by Gasteiger charge is -2.12. The van der Waals surface area contributed by atoms with Crippen LogP contribution in [0.25, 0.3) is 0 Å². The van der Waals surface area contributed by atoms with Gasteiger partial charge in [-0.25, -0.2) is 0 Å². The molecule has 18 heavy (non-hydrogen) atoms. The molecule has 0 aromatic heterocycles. The smallest absolute Gasteiger partial charge is 0.150 e. The normalized spacial score (nSPS) is 9.83. The summed E-state index contributed by atoms with van der Waals surface area (Å²) in [6.45, 7) is 6.62. The summed E-state index contributed by atoms with van der Waals surface area (Å²) in [6.07, 6.45) is 0. The van der Waals surface area contributed by atoms with E-state index in [0.717, 1.165) is 29.3 Å². The highest BCUT2D eigenvalue weighted by molar-refractivity contribution is 5.57. The van der Waals surface area contributed by atoms with Crippen molar-refractivity contribution in [3.63, 3.8) is 0 Å². The summed E-state index contributed by atoms with van der Waals surface area (Å²) in [4.78, 5) is 0. The van der Waals surface area contributed by atoms with Crippen LogP contribution < -0.4 is 10.1 Å². The summed E-state index contributed by atoms with van der Waals surface area (Å²) in [7, 11) is 0. The van der Waals surface area contributed by atoms with Gasteiger partial charge < -0.3 is 10.1 Å². The number of nitrogens with one attached hydrogen (secondary N) is 1. The van der Waals surface area contributed by atoms with Crippen molar-refractivity contribution in [1.82, 2.24) is 0 Å². The third-order valence-electron chi connectivity index (χ3n) is 2.44. The maximum atomic E-state index is 5.85. The van der Waals surface area contributed by atoms with Crippen molar-refractivity contribution in [2.75, 3.05) is 11.9 Å². The highest BCUT2D eigenvalue weighted by atomic mass is 16.5. The fourth-order valence-corrected chi connectivity index (χ4v) is 1.56. The zero-order chi connectivity index (χ0) is 12.8. The molecule has 2 nitrogen and oxygen atoms in total. The molecule has 2 heteroatoms. The summed E-state index contributed by atoms with van der Waals surface area (Å²) >= 11 is 0. The van der Waals surface area contributed by atoms with E-state index >= 15 is 0 Å². The van der Waals surface area contributed by atoms with E-state index in [0.29, 0.717) is 0 Å². The average Bonchev–Trinajstić information content (AvgIpc) is 2.39. The molecule has 0 heterocycles. The SMILES string of the molecule is C=C(C)CNc1ccccc1Oc1ccccc1. The van der Waals surface area contributed by atoms with Gasteiger partial charge in [0.15, 0.2) is 5.75 Å². The van der Waals surface area contributed by atoms with Gasteiger partial charge in [0.05, 0.1) is 5.69 Å². The second-order valence-electron chi connectivity index (χ2n) is 4.22. The molecule has 1 N–H and O–H groups in total. The number of anilines is 1. The quantitative estimate of drug-likeness (QED) is 0.777. The summed E-state index contributed by atoms with van der Waals surface area (Å²) < 4.78 is 5.85. The first-order valence-corrected chi connectivity index (χ1v) is 5.96. The molecule has 92 valence electrons. The predicted molar refractivity (Wildman–Crippen MR) is 76.3 cm³/mol. The summed E-state index contributed by atoms with van der Waals surface area (Å²) in [6, 6.07) is 17.7. The fourth-order valence-electron chi connectivity index (χ4n) is 1.56. The van der Waals surface area contributed by atoms with Crippen LogP contribution in [0.1, 0.15) is 6.92 Å². The van der Waals surface area contributed by atoms with Gasteiger partial charge in [-0.1, -0.05) is 42.5 Å². The third kappa shape index (κ3) is 3.39. The summed E-state index contributed by atoms with van der Waals surface area (Å²) in [5.41, 5.74) is 2.06. The van der Waals surface area contributed by atoms with Crippen LogP contribution in [-0.4, -0.2) is 6.54 Å². The van der Waals surface area contributed by atoms with Gasteiger partial charge in [0.1, 0.15) is 5.75 Å². The monoisotopic (exact) mass is 239 g/mol. The minimum atomic E-state index is 0.745. The lowest BCUT2D eigenvalue weighted by molar-refractivity contribution is 0.484. The third-order valence-corrected chi connectivity index (χ3v) is 2.44. The molecule has 0 aliphatic heterocycles. The molecule has 0 amide bonds. The topological polar surface area (TPSA) is 21.3 Å². The second-order valence-corrected chi connectivity index (χ2v) is 4.22. The van der Waals surface area contributed by atoms with Crippen molar-refractivity contribution in [2.24, 2.45) is 0 Å². The molecule has 0 saturated heterocycles. The molecule has 2 rings (SSSR count). The van der Waals surface area contributed by atoms with Crippen molar-refractivity contribution in [2.45, 2.75) is 6.92 Å². The molecule has 2 aromatic carbocycles. The van der Waals surface area contributed by atoms with Gasteiger partial charge in [0, 0.05) is 6.54 Å². The van der Waals surface area contributed by atoms with Gasteiger partial charge in [-0.05, 0) is 31.2 Å². The largest absolute Gasteiger partial charge is 0.455 e. The zero-order valence-corrected chi connectivity index (χ0v) is 10.5. The molecule has 0 aliphatic rings. The standard InChI is InChI=1S/C16H17NO/c1-13(2)12-17-15-10-6-7-11-16(15)18-14-8-4-3-5-9-14/h3-11,17H,1,12H2,2H3. The van der Waals surface area contributed by atoms with E-state index in [-0.39, 0.29) is 0 Å². The van der Waals surface area contributed by atoms with Crippen LogP contribution in [0.5, 0.6) is 11.5 Å². The van der Waals surface area contributed by atoms with E-state index in [1.165, 1.54) is 0 Å². The molecular formula is C16H17NO. The van der Waals surface area contributed by atoms with Gasteiger partial charge >= 0.3 is 0 Å². The van der Waals surface area contributed by atoms with Crippen LogP contribution in [0.4, 0.5) is 5.69 Å². The van der Waals surface area contributed by atoms with Gasteiger partial charge in [-0.2, -0.15) is 0 Å². The Balaban J connectivity index is 2.14. The van der Waals surface area contributed by atoms with E-state index < -0.39 is 0 Å². The van der Waals surface area contributed by atoms with Gasteiger partial charge in [-0.15, -0.1) is 0 Å². The first-order chi connectivity index (χ1) is 8.75. The van der Waals surface area contributed by atoms with E-state index in [2.05, 4.69) is 11.9 Å². The summed E-state index contributed by atoms with van der Waals surface area (Å²) in [5, 5.41) is 3.31. The Kier molecular flexibility index (Phi) is 4.02. The first kappa shape index (κ1) is 12.2. The lowest BCUT2D eigenvalue weighted by Crippen LogP contribution is -2.03. The molecule has 0 fully saturated rings. The Morgan fingerprint density at radius 1 is 1.06 bits per heavy atom. The predicted octanol–water partition coefficient (Wildman–Crippen LogP) is 4.47. The van der Waals surface area contributed by atoms with Crippen LogP contribution in [0.15, 0.2) is 66.7 Å². The fraction of sp³-hybridized carbons (Fsp3) is 0.125. The highest BCUT2D eigenvalue weighted by Gasteiger charge is 2.03. The molecule has 0 bridgehead atoms. The molecule has 0 spiro atoms. The number of para-hydroxylation sites is 3. The van der Waals surface area contributed by atoms with Crippen molar-refractivity contribution in [3.05, 3.63) is 66.7 Å². The number of ether oxygens (including phenoxy) is 1. The van der Waals surface area contributed by atoms with Crippen LogP contribution in [-0.2, 0) is 0 Å². The Hall–Kier alpha value is -2.22. The zero-order valence-electron chi connectivity index (χ0n) is 10.5. The van der Waals surface area contributed by atoms with Crippen LogP contribution in [0.2, 0.25) is 0 Å². The average molecular weight is 239 g/mol. The number of rotatable bonds is 5. The molecule has 0 unspecified atom stereocenters. The molecule has 2 aromatic rings. The first-order valence-electron chi connectivity index (χ1n) is 5.96. The number of hydrogen-bond acceptors (Lipinski definition) is 2.